The van der Waals surface area contributed by atoms with Gasteiger partial charge in [0.2, 0.25) is 0 Å². The smallest absolute Gasteiger partial charge is 0.269 e. The molecule has 0 saturated heterocycles. The van der Waals surface area contributed by atoms with E-state index in [1.54, 1.807) is 57.7 Å². The summed E-state index contributed by atoms with van der Waals surface area (Å²) in [5.41, 5.74) is -8.09. The van der Waals surface area contributed by atoms with E-state index < -0.39 is 91.2 Å². The van der Waals surface area contributed by atoms with Gasteiger partial charge >= 0.3 is 0 Å². The number of imidazole rings is 1. The maximum absolute atomic E-state index is 10.1. The zero-order valence-electron chi connectivity index (χ0n) is 54.8. The highest BCUT2D eigenvalue weighted by Crippen LogP contribution is 2.47. The van der Waals surface area contributed by atoms with Gasteiger partial charge < -0.3 is 4.74 Å². The molecule has 0 saturated carbocycles. The standard InChI is InChI=1S/C58H58N4O/c1-55(2,3)39-29-32-59-53(34-39)62-49-22-12-11-19-44(49)45-27-26-42(36-52(45)62)63-41-18-15-17-40(35-41)60-37-61(51-24-14-13-23-50(51)60)54-43(20-16-21-47(54)56(4,5)6)38-25-28-46-48(33-38)58(9,10)31-30-57(46,7)8/h11-29,32-36H,30-31H2,1-10H3/i7D3,8D3,9D3,10D3,25D,28D,30D2,31D2,33D. The molecule has 1 aliphatic rings. The molecule has 5 heteroatoms. The van der Waals surface area contributed by atoms with Crippen LogP contribution in [0.2, 0.25) is 0 Å². The monoisotopic (exact) mass is 846 g/mol. The normalized spacial score (nSPS) is 21.8. The summed E-state index contributed by atoms with van der Waals surface area (Å²) in [6.45, 7) is -4.72. The Labute approximate surface area is 399 Å². The second kappa shape index (κ2) is 14.6. The molecule has 6 aromatic carbocycles. The van der Waals surface area contributed by atoms with Gasteiger partial charge in [-0.05, 0) is 116 Å². The van der Waals surface area contributed by atoms with Gasteiger partial charge in [-0.1, -0.05) is 154 Å². The fourth-order valence-electron chi connectivity index (χ4n) is 8.51. The average Bonchev–Trinajstić information content (AvgIpc) is 0.837. The number of hydrogen-bond donors (Lipinski definition) is 0. The van der Waals surface area contributed by atoms with Crippen LogP contribution < -0.4 is 9.30 Å². The first-order valence-electron chi connectivity index (χ1n) is 30.3. The highest BCUT2D eigenvalue weighted by Gasteiger charge is 2.37. The fourth-order valence-corrected chi connectivity index (χ4v) is 8.51. The van der Waals surface area contributed by atoms with Crippen molar-refractivity contribution in [3.63, 3.8) is 0 Å². The highest BCUT2D eigenvalue weighted by molar-refractivity contribution is 6.09. The van der Waals surface area contributed by atoms with Crippen LogP contribution in [0.4, 0.5) is 0 Å². The third-order valence-corrected chi connectivity index (χ3v) is 11.7. The summed E-state index contributed by atoms with van der Waals surface area (Å²) < 4.78 is 184. The van der Waals surface area contributed by atoms with E-state index in [1.165, 1.54) is 6.07 Å². The van der Waals surface area contributed by atoms with Crippen LogP contribution in [0.3, 0.4) is 0 Å². The topological polar surface area (TPSA) is 35.9 Å². The number of fused-ring (bicyclic) bond motifs is 5. The first kappa shape index (κ1) is 24.4. The Morgan fingerprint density at radius 1 is 0.698 bits per heavy atom. The lowest BCUT2D eigenvalue weighted by Crippen LogP contribution is -2.35. The first-order valence-corrected chi connectivity index (χ1v) is 20.8. The van der Waals surface area contributed by atoms with Gasteiger partial charge in [-0.25, -0.2) is 4.98 Å². The van der Waals surface area contributed by atoms with Crippen molar-refractivity contribution in [3.8, 4) is 39.8 Å². The minimum absolute atomic E-state index is 0.124. The second-order valence-corrected chi connectivity index (χ2v) is 18.2. The predicted molar refractivity (Wildman–Crippen MR) is 260 cm³/mol. The summed E-state index contributed by atoms with van der Waals surface area (Å²) in [4.78, 5) is 4.81. The minimum Gasteiger partial charge on any atom is -0.458 e. The summed E-state index contributed by atoms with van der Waals surface area (Å²) in [6, 6.07) is 33.4. The Hall–Kier alpha value is -6.46. The average molecular weight is 846 g/mol. The quantitative estimate of drug-likeness (QED) is 0.123. The van der Waals surface area contributed by atoms with E-state index in [1.807, 2.05) is 75.5 Å². The molecule has 3 aromatic heterocycles. The number of ether oxygens (including phenoxy) is 1. The van der Waals surface area contributed by atoms with Gasteiger partial charge in [0.15, 0.2) is 0 Å². The van der Waals surface area contributed by atoms with Crippen molar-refractivity contribution < 1.29 is 35.3 Å². The summed E-state index contributed by atoms with van der Waals surface area (Å²) in [5, 5.41) is 2.03. The summed E-state index contributed by atoms with van der Waals surface area (Å²) in [7, 11) is 0. The molecule has 0 aliphatic heterocycles. The van der Waals surface area contributed by atoms with E-state index in [2.05, 4.69) is 49.9 Å². The molecule has 0 bridgehead atoms. The van der Waals surface area contributed by atoms with Crippen LogP contribution in [0.1, 0.15) is 130 Å². The molecule has 1 aliphatic carbocycles. The number of nitrogens with zero attached hydrogens (tertiary/aromatic N) is 4. The molecule has 9 aromatic rings. The van der Waals surface area contributed by atoms with Crippen molar-refractivity contribution in [2.75, 3.05) is 0 Å². The molecule has 0 fully saturated rings. The number of benzene rings is 6. The number of hydrogen-bond acceptors (Lipinski definition) is 2. The van der Waals surface area contributed by atoms with Gasteiger partial charge in [0.05, 0.1) is 37.6 Å². The number of aromatic nitrogens is 4. The molecule has 3 heterocycles. The van der Waals surface area contributed by atoms with E-state index in [0.717, 1.165) is 33.2 Å². The molecule has 5 nitrogen and oxygen atoms in total. The third kappa shape index (κ3) is 7.03. The Morgan fingerprint density at radius 2 is 1.41 bits per heavy atom. The maximum atomic E-state index is 10.1. The van der Waals surface area contributed by atoms with Gasteiger partial charge in [0.1, 0.15) is 17.3 Å². The molecule has 0 atom stereocenters. The van der Waals surface area contributed by atoms with Crippen LogP contribution in [0, 0.1) is 6.33 Å². The molecule has 0 unspecified atom stereocenters. The first-order chi connectivity index (χ1) is 37.8. The van der Waals surface area contributed by atoms with E-state index in [0.29, 0.717) is 33.8 Å². The molecule has 0 amide bonds. The zero-order chi connectivity index (χ0) is 60.2. The SMILES string of the molecule is [2H]c1c([2H])c2c(c([2H])c1-c1cccc(C(C)(C)C)c1-[n+]1[c-]n(-c3cccc(Oc4ccc5c6ccccc6n(-c6cc(C(C)(C)C)ccn6)c5c4)c3)c3ccccc31)C(C([2H])([2H])[2H])(C([2H])([2H])[2H])C([2H])([2H])C([2H])([2H])C2(C([2H])([2H])[2H])C([2H])([2H])[2H]. The van der Waals surface area contributed by atoms with Crippen LogP contribution in [-0.4, -0.2) is 14.1 Å². The predicted octanol–water partition coefficient (Wildman–Crippen LogP) is 14.6. The van der Waals surface area contributed by atoms with Gasteiger partial charge in [-0.2, -0.15) is 0 Å². The van der Waals surface area contributed by atoms with E-state index in [4.69, 9.17) is 26.2 Å². The summed E-state index contributed by atoms with van der Waals surface area (Å²) >= 11 is 0. The van der Waals surface area contributed by atoms with Gasteiger partial charge in [-0.15, -0.1) is 0 Å². The number of pyridine rings is 1. The van der Waals surface area contributed by atoms with Crippen molar-refractivity contribution in [1.82, 2.24) is 14.1 Å². The Bertz CT molecular complexity index is 4030. The van der Waals surface area contributed by atoms with Crippen molar-refractivity contribution in [1.29, 1.82) is 0 Å². The molecule has 0 spiro atoms. The minimum atomic E-state index is -4.47. The molecule has 316 valence electrons. The van der Waals surface area contributed by atoms with E-state index in [-0.39, 0.29) is 16.7 Å². The van der Waals surface area contributed by atoms with Crippen LogP contribution in [0.15, 0.2) is 146 Å². The maximum Gasteiger partial charge on any atom is 0.269 e. The number of rotatable bonds is 6. The third-order valence-electron chi connectivity index (χ3n) is 11.7. The van der Waals surface area contributed by atoms with E-state index >= 15 is 0 Å². The van der Waals surface area contributed by atoms with Gasteiger partial charge in [-0.3, -0.25) is 13.7 Å². The van der Waals surface area contributed by atoms with Gasteiger partial charge in [0.25, 0.3) is 6.33 Å². The van der Waals surface area contributed by atoms with Crippen molar-refractivity contribution in [2.45, 2.75) is 103 Å². The molecular formula is C58H58N4O. The number of para-hydroxylation sites is 4. The summed E-state index contributed by atoms with van der Waals surface area (Å²) in [6.07, 6.45) is -3.68. The lowest BCUT2D eigenvalue weighted by molar-refractivity contribution is -0.572. The van der Waals surface area contributed by atoms with Gasteiger partial charge in [0, 0.05) is 45.0 Å². The van der Waals surface area contributed by atoms with Crippen LogP contribution in [0.5, 0.6) is 11.5 Å². The Kier molecular flexibility index (Phi) is 5.64. The zero-order valence-corrected chi connectivity index (χ0v) is 35.8. The van der Waals surface area contributed by atoms with Crippen LogP contribution in [-0.2, 0) is 21.7 Å². The van der Waals surface area contributed by atoms with Crippen molar-refractivity contribution in [3.05, 3.63) is 174 Å². The van der Waals surface area contributed by atoms with E-state index in [9.17, 15) is 9.60 Å². The molecular weight excluding hydrogens is 769 g/mol. The highest BCUT2D eigenvalue weighted by atomic mass is 16.5. The lowest BCUT2D eigenvalue weighted by Gasteiger charge is -2.42. The van der Waals surface area contributed by atoms with Crippen molar-refractivity contribution in [2.24, 2.45) is 0 Å². The van der Waals surface area contributed by atoms with Crippen LogP contribution >= 0.6 is 0 Å². The lowest BCUT2D eigenvalue weighted by atomic mass is 9.63. The van der Waals surface area contributed by atoms with Crippen molar-refractivity contribution >= 4 is 32.8 Å². The molecule has 10 rings (SSSR count). The fraction of sp³-hybridized carbons (Fsp3) is 0.276. The molecule has 0 N–H and O–H groups in total. The summed E-state index contributed by atoms with van der Waals surface area (Å²) in [5.74, 6) is 1.71. The Morgan fingerprint density at radius 3 is 2.19 bits per heavy atom. The molecule has 0 radical (unpaired) electrons. The molecule has 63 heavy (non-hydrogen) atoms. The largest absolute Gasteiger partial charge is 0.458 e. The van der Waals surface area contributed by atoms with Crippen LogP contribution in [0.25, 0.3) is 61.2 Å². The Balaban J connectivity index is 1.21. The second-order valence-electron chi connectivity index (χ2n) is 18.2.